The minimum absolute atomic E-state index is 0.156. The molecule has 2 atom stereocenters. The zero-order valence-electron chi connectivity index (χ0n) is 17.0. The van der Waals surface area contributed by atoms with Gasteiger partial charge in [-0.15, -0.1) is 0 Å². The number of carboxylic acids is 2. The van der Waals surface area contributed by atoms with Crippen LogP contribution in [-0.2, 0) is 9.59 Å². The first-order valence-electron chi connectivity index (χ1n) is 10.1. The van der Waals surface area contributed by atoms with E-state index in [-0.39, 0.29) is 17.8 Å². The van der Waals surface area contributed by atoms with Crippen molar-refractivity contribution in [1.82, 2.24) is 0 Å². The predicted molar refractivity (Wildman–Crippen MR) is 103 cm³/mol. The molecule has 4 nitrogen and oxygen atoms in total. The van der Waals surface area contributed by atoms with Crippen molar-refractivity contribution in [2.45, 2.75) is 98.8 Å². The van der Waals surface area contributed by atoms with Gasteiger partial charge in [0.05, 0.1) is 5.92 Å². The van der Waals surface area contributed by atoms with E-state index in [1.807, 2.05) is 0 Å². The van der Waals surface area contributed by atoms with Gasteiger partial charge >= 0.3 is 11.9 Å². The van der Waals surface area contributed by atoms with Crippen molar-refractivity contribution in [2.24, 2.45) is 23.2 Å². The van der Waals surface area contributed by atoms with Crippen LogP contribution in [0.1, 0.15) is 98.8 Å². The number of unbranched alkanes of at least 4 members (excludes halogenated alkanes) is 6. The largest absolute Gasteiger partial charge is 0.481 e. The zero-order chi connectivity index (χ0) is 19.5. The third-order valence-electron chi connectivity index (χ3n) is 5.64. The second-order valence-corrected chi connectivity index (χ2v) is 8.56. The van der Waals surface area contributed by atoms with Gasteiger partial charge in [0.15, 0.2) is 0 Å². The highest BCUT2D eigenvalue weighted by Crippen LogP contribution is 2.43. The van der Waals surface area contributed by atoms with Gasteiger partial charge in [-0.3, -0.25) is 9.59 Å². The van der Waals surface area contributed by atoms with Crippen molar-refractivity contribution >= 4 is 11.9 Å². The highest BCUT2D eigenvalue weighted by molar-refractivity contribution is 5.71. The summed E-state index contributed by atoms with van der Waals surface area (Å²) in [4.78, 5) is 22.3. The van der Waals surface area contributed by atoms with Gasteiger partial charge in [0.2, 0.25) is 0 Å². The normalized spacial score (nSPS) is 15.3. The smallest absolute Gasteiger partial charge is 0.307 e. The van der Waals surface area contributed by atoms with E-state index in [0.717, 1.165) is 57.8 Å². The molecule has 2 N–H and O–H groups in total. The zero-order valence-corrected chi connectivity index (χ0v) is 17.0. The van der Waals surface area contributed by atoms with E-state index in [9.17, 15) is 14.7 Å². The van der Waals surface area contributed by atoms with Gasteiger partial charge in [-0.25, -0.2) is 0 Å². The Balaban J connectivity index is 4.23. The van der Waals surface area contributed by atoms with Crippen LogP contribution in [0.3, 0.4) is 0 Å². The highest BCUT2D eigenvalue weighted by atomic mass is 16.4. The molecular formula is C21H40O4. The number of carboxylic acid groups (broad SMARTS) is 2. The van der Waals surface area contributed by atoms with Gasteiger partial charge in [-0.05, 0) is 36.5 Å². The summed E-state index contributed by atoms with van der Waals surface area (Å²) in [6, 6.07) is 0. The Morgan fingerprint density at radius 1 is 0.840 bits per heavy atom. The first-order valence-corrected chi connectivity index (χ1v) is 10.1. The molecule has 148 valence electrons. The molecule has 0 aliphatic heterocycles. The number of hydrogen-bond donors (Lipinski definition) is 2. The van der Waals surface area contributed by atoms with Crippen LogP contribution < -0.4 is 0 Å². The van der Waals surface area contributed by atoms with Crippen LogP contribution in [0.4, 0.5) is 0 Å². The van der Waals surface area contributed by atoms with Gasteiger partial charge in [0.1, 0.15) is 0 Å². The third-order valence-corrected chi connectivity index (χ3v) is 5.64. The quantitative estimate of drug-likeness (QED) is 0.353. The van der Waals surface area contributed by atoms with E-state index in [1.165, 1.54) is 0 Å². The number of carbonyl (C=O) groups is 2. The molecule has 0 saturated heterocycles. The average molecular weight is 357 g/mol. The van der Waals surface area contributed by atoms with E-state index in [4.69, 9.17) is 5.11 Å². The molecule has 0 aromatic rings. The van der Waals surface area contributed by atoms with E-state index in [2.05, 4.69) is 34.6 Å². The molecule has 0 bridgehead atoms. The molecule has 4 heteroatoms. The molecule has 0 fully saturated rings. The maximum Gasteiger partial charge on any atom is 0.307 e. The van der Waals surface area contributed by atoms with Crippen molar-refractivity contribution < 1.29 is 19.8 Å². The minimum Gasteiger partial charge on any atom is -0.481 e. The minimum atomic E-state index is -0.714. The Hall–Kier alpha value is -1.06. The first-order chi connectivity index (χ1) is 11.6. The summed E-state index contributed by atoms with van der Waals surface area (Å²) >= 11 is 0. The van der Waals surface area contributed by atoms with Crippen molar-refractivity contribution in [2.75, 3.05) is 0 Å². The molecule has 0 saturated carbocycles. The molecule has 25 heavy (non-hydrogen) atoms. The van der Waals surface area contributed by atoms with Gasteiger partial charge in [0.25, 0.3) is 0 Å². The Labute approximate surface area is 154 Å². The Morgan fingerprint density at radius 2 is 1.32 bits per heavy atom. The lowest BCUT2D eigenvalue weighted by Crippen LogP contribution is -2.39. The van der Waals surface area contributed by atoms with Crippen LogP contribution in [0.15, 0.2) is 0 Å². The van der Waals surface area contributed by atoms with Crippen molar-refractivity contribution in [1.29, 1.82) is 0 Å². The standard InChI is InChI=1S/C21H40O4/c1-16(2)15-21(5,17(3)4)18(20(24)25)13-11-9-7-6-8-10-12-14-19(22)23/h16-18H,6-15H2,1-5H3,(H,22,23)(H,24,25). The van der Waals surface area contributed by atoms with Crippen LogP contribution in [0.2, 0.25) is 0 Å². The molecule has 0 radical (unpaired) electrons. The second kappa shape index (κ2) is 12.3. The van der Waals surface area contributed by atoms with Crippen LogP contribution in [0.5, 0.6) is 0 Å². The van der Waals surface area contributed by atoms with E-state index in [0.29, 0.717) is 11.8 Å². The van der Waals surface area contributed by atoms with Gasteiger partial charge in [-0.1, -0.05) is 73.1 Å². The lowest BCUT2D eigenvalue weighted by molar-refractivity contribution is -0.149. The third kappa shape index (κ3) is 9.86. The molecule has 0 aromatic carbocycles. The van der Waals surface area contributed by atoms with Crippen molar-refractivity contribution in [3.8, 4) is 0 Å². The summed E-state index contributed by atoms with van der Waals surface area (Å²) in [5, 5.41) is 18.4. The number of hydrogen-bond acceptors (Lipinski definition) is 2. The fourth-order valence-corrected chi connectivity index (χ4v) is 3.90. The highest BCUT2D eigenvalue weighted by Gasteiger charge is 2.41. The van der Waals surface area contributed by atoms with Crippen LogP contribution in [0, 0.1) is 23.2 Å². The van der Waals surface area contributed by atoms with E-state index < -0.39 is 11.9 Å². The summed E-state index contributed by atoms with van der Waals surface area (Å²) < 4.78 is 0. The topological polar surface area (TPSA) is 74.6 Å². The summed E-state index contributed by atoms with van der Waals surface area (Å²) in [5.41, 5.74) is -0.156. The lowest BCUT2D eigenvalue weighted by Gasteiger charge is -2.40. The maximum atomic E-state index is 11.9. The molecule has 0 aliphatic rings. The lowest BCUT2D eigenvalue weighted by atomic mass is 9.63. The van der Waals surface area contributed by atoms with Gasteiger partial charge < -0.3 is 10.2 Å². The Bertz CT molecular complexity index is 389. The monoisotopic (exact) mass is 356 g/mol. The summed E-state index contributed by atoms with van der Waals surface area (Å²) in [6.07, 6.45) is 9.05. The fourth-order valence-electron chi connectivity index (χ4n) is 3.90. The van der Waals surface area contributed by atoms with E-state index in [1.54, 1.807) is 0 Å². The Morgan fingerprint density at radius 3 is 1.72 bits per heavy atom. The van der Waals surface area contributed by atoms with Crippen LogP contribution in [0.25, 0.3) is 0 Å². The molecule has 0 amide bonds. The molecule has 0 rings (SSSR count). The van der Waals surface area contributed by atoms with Crippen LogP contribution >= 0.6 is 0 Å². The molecule has 0 aromatic heterocycles. The van der Waals surface area contributed by atoms with Crippen molar-refractivity contribution in [3.63, 3.8) is 0 Å². The predicted octanol–water partition coefficient (Wildman–Crippen LogP) is 5.99. The van der Waals surface area contributed by atoms with Crippen molar-refractivity contribution in [3.05, 3.63) is 0 Å². The average Bonchev–Trinajstić information content (AvgIpc) is 2.47. The number of aliphatic carboxylic acids is 2. The Kier molecular flexibility index (Phi) is 11.8. The second-order valence-electron chi connectivity index (χ2n) is 8.56. The molecule has 2 unspecified atom stereocenters. The first kappa shape index (κ1) is 23.9. The number of rotatable bonds is 15. The fraction of sp³-hybridized carbons (Fsp3) is 0.905. The molecule has 0 heterocycles. The van der Waals surface area contributed by atoms with Gasteiger partial charge in [0, 0.05) is 6.42 Å². The summed E-state index contributed by atoms with van der Waals surface area (Å²) in [7, 11) is 0. The summed E-state index contributed by atoms with van der Waals surface area (Å²) in [5.74, 6) is -0.782. The summed E-state index contributed by atoms with van der Waals surface area (Å²) in [6.45, 7) is 10.8. The molecular weight excluding hydrogens is 316 g/mol. The van der Waals surface area contributed by atoms with E-state index >= 15 is 0 Å². The molecule has 0 aliphatic carbocycles. The van der Waals surface area contributed by atoms with Gasteiger partial charge in [-0.2, -0.15) is 0 Å². The SMILES string of the molecule is CC(C)CC(C)(C(C)C)C(CCCCCCCCCC(=O)O)C(=O)O. The maximum absolute atomic E-state index is 11.9. The molecule has 0 spiro atoms. The van der Waals surface area contributed by atoms with Crippen LogP contribution in [-0.4, -0.2) is 22.2 Å².